The van der Waals surface area contributed by atoms with Crippen LogP contribution in [0.15, 0.2) is 0 Å². The molecule has 0 nitrogen and oxygen atoms in total. The predicted octanol–water partition coefficient (Wildman–Crippen LogP) is -1.41. The van der Waals surface area contributed by atoms with Crippen LogP contribution in [0.5, 0.6) is 0 Å². The lowest BCUT2D eigenvalue weighted by Gasteiger charge is -2.04. The Morgan fingerprint density at radius 1 is 1.43 bits per heavy atom. The molecule has 0 amide bonds. The van der Waals surface area contributed by atoms with Gasteiger partial charge in [-0.25, -0.2) is 0 Å². The fraction of sp³-hybridized carbons (Fsp3) is 1.00. The highest BCUT2D eigenvalue weighted by atomic mass is 29.5. The molecule has 0 unspecified atom stereocenters. The van der Waals surface area contributed by atoms with Gasteiger partial charge in [0.1, 0.15) is 0 Å². The summed E-state index contributed by atoms with van der Waals surface area (Å²) in [6, 6.07) is 1.62. The summed E-state index contributed by atoms with van der Waals surface area (Å²) in [5.74, 6) is 1.01. The molecule has 0 aromatic rings. The molecule has 0 fully saturated rings. The Morgan fingerprint density at radius 2 is 1.86 bits per heavy atom. The third-order valence-corrected chi connectivity index (χ3v) is 5.66. The van der Waals surface area contributed by atoms with Crippen molar-refractivity contribution in [3.05, 3.63) is 0 Å². The monoisotopic (exact) mass is 148 g/mol. The molecule has 0 spiro atoms. The van der Waals surface area contributed by atoms with E-state index in [0.29, 0.717) is 0 Å². The summed E-state index contributed by atoms with van der Waals surface area (Å²) >= 11 is 0. The van der Waals surface area contributed by atoms with Gasteiger partial charge in [-0.05, 0) is 19.5 Å². The maximum Gasteiger partial charge on any atom is 0.00561 e. The quantitative estimate of drug-likeness (QED) is 0.422. The summed E-state index contributed by atoms with van der Waals surface area (Å²) in [5.41, 5.74) is 0. The lowest BCUT2D eigenvalue weighted by molar-refractivity contribution is 0.732. The van der Waals surface area contributed by atoms with Crippen LogP contribution in [0.3, 0.4) is 0 Å². The Kier molecular flexibility index (Phi) is 3.97. The van der Waals surface area contributed by atoms with Crippen molar-refractivity contribution in [2.45, 2.75) is 19.9 Å². The lowest BCUT2D eigenvalue weighted by atomic mass is 10.3. The van der Waals surface area contributed by atoms with Crippen LogP contribution in [0.4, 0.5) is 0 Å². The van der Waals surface area contributed by atoms with E-state index in [1.165, 1.54) is 0 Å². The molecule has 0 aliphatic rings. The molecule has 7 heavy (non-hydrogen) atoms. The van der Waals surface area contributed by atoms with Crippen molar-refractivity contribution in [2.75, 3.05) is 0 Å². The number of rotatable bonds is 2. The summed E-state index contributed by atoms with van der Waals surface area (Å²) < 4.78 is 0. The summed E-state index contributed by atoms with van der Waals surface area (Å²) in [6.45, 7) is 4.69. The molecule has 0 N–H and O–H groups in total. The third kappa shape index (κ3) is 6.65. The van der Waals surface area contributed by atoms with E-state index >= 15 is 0 Å². The standard InChI is InChI=1S/C4H16Si3/c1-4(2)3-7(5)6/h4,7H,3H2,1-2,5-6H3. The van der Waals surface area contributed by atoms with Crippen LogP contribution in [0, 0.1) is 5.92 Å². The van der Waals surface area contributed by atoms with Gasteiger partial charge in [0, 0.05) is 7.83 Å². The molecule has 0 aromatic heterocycles. The van der Waals surface area contributed by atoms with E-state index in [0.717, 1.165) is 5.92 Å². The summed E-state index contributed by atoms with van der Waals surface area (Å²) in [4.78, 5) is 0. The van der Waals surface area contributed by atoms with Crippen molar-refractivity contribution < 1.29 is 0 Å². The Morgan fingerprint density at radius 3 is 1.86 bits per heavy atom. The topological polar surface area (TPSA) is 0 Å². The Bertz CT molecular complexity index is 36.2. The molecule has 0 rings (SSSR count). The Labute approximate surface area is 53.7 Å². The number of hydrogen-bond acceptors (Lipinski definition) is 0. The molecule has 3 heteroatoms. The van der Waals surface area contributed by atoms with Gasteiger partial charge < -0.3 is 0 Å². The minimum absolute atomic E-state index is 0.0494. The predicted molar refractivity (Wildman–Crippen MR) is 46.7 cm³/mol. The van der Waals surface area contributed by atoms with Gasteiger partial charge in [0.25, 0.3) is 0 Å². The van der Waals surface area contributed by atoms with Gasteiger partial charge in [-0.1, -0.05) is 25.8 Å². The maximum absolute atomic E-state index is 2.34. The minimum Gasteiger partial charge on any atom is -0.0631 e. The van der Waals surface area contributed by atoms with Crippen LogP contribution in [0.1, 0.15) is 13.8 Å². The molecular weight excluding hydrogens is 132 g/mol. The highest BCUT2D eigenvalue weighted by molar-refractivity contribution is 7.29. The second-order valence-corrected chi connectivity index (χ2v) is 25.0. The van der Waals surface area contributed by atoms with Crippen LogP contribution in [-0.4, -0.2) is 27.4 Å². The van der Waals surface area contributed by atoms with Crippen molar-refractivity contribution in [3.8, 4) is 0 Å². The van der Waals surface area contributed by atoms with Gasteiger partial charge in [0.15, 0.2) is 0 Å². The van der Waals surface area contributed by atoms with Gasteiger partial charge >= 0.3 is 0 Å². The molecule has 0 atom stereocenters. The first-order chi connectivity index (χ1) is 3.13. The molecular formula is C4H16Si3. The van der Waals surface area contributed by atoms with Gasteiger partial charge in [-0.15, -0.1) is 0 Å². The SMILES string of the molecule is CC(C)C[SiH]([SiH3])[SiH3]. The Balaban J connectivity index is 2.95. The van der Waals surface area contributed by atoms with E-state index < -0.39 is 0 Å². The molecule has 0 aliphatic heterocycles. The van der Waals surface area contributed by atoms with Gasteiger partial charge in [0.2, 0.25) is 0 Å². The third-order valence-electron chi connectivity index (χ3n) is 0.943. The van der Waals surface area contributed by atoms with Crippen molar-refractivity contribution in [2.24, 2.45) is 5.92 Å². The van der Waals surface area contributed by atoms with Gasteiger partial charge in [-0.3, -0.25) is 0 Å². The molecule has 0 radical (unpaired) electrons. The van der Waals surface area contributed by atoms with Crippen LogP contribution in [0.25, 0.3) is 0 Å². The second-order valence-electron chi connectivity index (χ2n) is 3.02. The number of hydrogen-bond donors (Lipinski definition) is 0. The van der Waals surface area contributed by atoms with Gasteiger partial charge in [-0.2, -0.15) is 0 Å². The largest absolute Gasteiger partial charge is 0.0631 e. The van der Waals surface area contributed by atoms with E-state index in [-0.39, 0.29) is 7.83 Å². The first kappa shape index (κ1) is 7.65. The molecule has 0 bridgehead atoms. The van der Waals surface area contributed by atoms with E-state index in [1.807, 2.05) is 0 Å². The van der Waals surface area contributed by atoms with Crippen molar-refractivity contribution in [1.29, 1.82) is 0 Å². The first-order valence-electron chi connectivity index (χ1n) is 3.13. The fourth-order valence-corrected chi connectivity index (χ4v) is 8.49. The van der Waals surface area contributed by atoms with Crippen LogP contribution < -0.4 is 0 Å². The van der Waals surface area contributed by atoms with E-state index in [9.17, 15) is 0 Å². The zero-order valence-corrected chi connectivity index (χ0v) is 11.0. The maximum atomic E-state index is 2.34. The molecule has 44 valence electrons. The minimum atomic E-state index is 0.0494. The molecule has 0 aliphatic carbocycles. The fourth-order valence-electron chi connectivity index (χ4n) is 0.943. The average Bonchev–Trinajstić information content (AvgIpc) is 1.27. The highest BCUT2D eigenvalue weighted by Crippen LogP contribution is 1.99. The van der Waals surface area contributed by atoms with Crippen molar-refractivity contribution in [3.63, 3.8) is 0 Å². The first-order valence-corrected chi connectivity index (χ1v) is 13.2. The van der Waals surface area contributed by atoms with Crippen molar-refractivity contribution >= 4 is 27.4 Å². The molecule has 0 saturated carbocycles. The molecule has 0 heterocycles. The smallest absolute Gasteiger partial charge is 0.00561 e. The van der Waals surface area contributed by atoms with Gasteiger partial charge in [0.05, 0.1) is 0 Å². The summed E-state index contributed by atoms with van der Waals surface area (Å²) in [5, 5.41) is 0. The normalized spacial score (nSPS) is 15.9. The van der Waals surface area contributed by atoms with Crippen molar-refractivity contribution in [1.82, 2.24) is 0 Å². The second kappa shape index (κ2) is 3.63. The van der Waals surface area contributed by atoms with Crippen LogP contribution in [0.2, 0.25) is 6.04 Å². The molecule has 0 aromatic carbocycles. The Hall–Kier alpha value is 0.651. The lowest BCUT2D eigenvalue weighted by Crippen LogP contribution is -2.15. The van der Waals surface area contributed by atoms with E-state index in [1.54, 1.807) is 25.6 Å². The zero-order chi connectivity index (χ0) is 5.86. The highest BCUT2D eigenvalue weighted by Gasteiger charge is 1.97. The molecule has 0 saturated heterocycles. The zero-order valence-electron chi connectivity index (χ0n) is 5.86. The average molecular weight is 148 g/mol. The summed E-state index contributed by atoms with van der Waals surface area (Å²) in [6.07, 6.45) is 0. The van der Waals surface area contributed by atoms with E-state index in [4.69, 9.17) is 0 Å². The van der Waals surface area contributed by atoms with E-state index in [2.05, 4.69) is 13.8 Å². The van der Waals surface area contributed by atoms with Crippen LogP contribution in [-0.2, 0) is 0 Å². The van der Waals surface area contributed by atoms with Crippen LogP contribution >= 0.6 is 0 Å². The summed E-state index contributed by atoms with van der Waals surface area (Å²) in [7, 11) is 3.18.